The van der Waals surface area contributed by atoms with Gasteiger partial charge in [-0.15, -0.1) is 0 Å². The summed E-state index contributed by atoms with van der Waals surface area (Å²) in [6.07, 6.45) is 2.34. The van der Waals surface area contributed by atoms with E-state index < -0.39 is 5.76 Å². The quantitative estimate of drug-likeness (QED) is 0.350. The topological polar surface area (TPSA) is 85.9 Å². The summed E-state index contributed by atoms with van der Waals surface area (Å²) in [5.41, 5.74) is 8.43. The van der Waals surface area contributed by atoms with E-state index in [4.69, 9.17) is 14.2 Å². The summed E-state index contributed by atoms with van der Waals surface area (Å²) in [7, 11) is 0. The molecule has 5 aromatic rings. The van der Waals surface area contributed by atoms with Gasteiger partial charge in [0, 0.05) is 23.1 Å². The van der Waals surface area contributed by atoms with Gasteiger partial charge in [-0.2, -0.15) is 0 Å². The number of allylic oxidation sites excluding steroid dienone is 1. The highest BCUT2D eigenvalue weighted by Gasteiger charge is 2.43. The number of benzene rings is 3. The fourth-order valence-corrected chi connectivity index (χ4v) is 5.41. The van der Waals surface area contributed by atoms with E-state index in [-0.39, 0.29) is 5.41 Å². The molecule has 0 atom stereocenters. The van der Waals surface area contributed by atoms with E-state index in [1.807, 2.05) is 37.3 Å². The first kappa shape index (κ1) is 21.9. The van der Waals surface area contributed by atoms with Crippen molar-refractivity contribution in [3.8, 4) is 5.75 Å². The van der Waals surface area contributed by atoms with Crippen LogP contribution in [-0.2, 0) is 18.6 Å². The molecule has 1 aliphatic heterocycles. The van der Waals surface area contributed by atoms with Crippen molar-refractivity contribution in [1.82, 2.24) is 19.7 Å². The molecular formula is C30H26N4O3. The molecule has 0 saturated heterocycles. The third-order valence-corrected chi connectivity index (χ3v) is 7.68. The van der Waals surface area contributed by atoms with Gasteiger partial charge in [0.1, 0.15) is 18.2 Å². The molecule has 2 aliphatic rings. The second-order valence-electron chi connectivity index (χ2n) is 10.3. The summed E-state index contributed by atoms with van der Waals surface area (Å²) in [5, 5.41) is 3.95. The number of hydrogen-bond acceptors (Lipinski definition) is 5. The highest BCUT2D eigenvalue weighted by atomic mass is 16.5. The molecule has 3 heterocycles. The van der Waals surface area contributed by atoms with Crippen molar-refractivity contribution in [2.24, 2.45) is 0 Å². The molecule has 1 saturated carbocycles. The minimum Gasteiger partial charge on any atom is -0.488 e. The maximum Gasteiger partial charge on any atom is 0.439 e. The number of rotatable bonds is 4. The number of hydrogen-bond donors (Lipinski definition) is 1. The Kier molecular flexibility index (Phi) is 4.76. The highest BCUT2D eigenvalue weighted by Crippen LogP contribution is 2.48. The smallest absolute Gasteiger partial charge is 0.439 e. The normalized spacial score (nSPS) is 17.0. The predicted molar refractivity (Wildman–Crippen MR) is 141 cm³/mol. The molecule has 0 unspecified atom stereocenters. The third-order valence-electron chi connectivity index (χ3n) is 7.68. The van der Waals surface area contributed by atoms with Crippen molar-refractivity contribution < 1.29 is 9.26 Å². The number of nitrogens with zero attached hydrogens (tertiary/aromatic N) is 3. The molecule has 3 aromatic carbocycles. The zero-order chi connectivity index (χ0) is 25.1. The number of aromatic nitrogens is 4. The molecule has 7 heteroatoms. The van der Waals surface area contributed by atoms with E-state index in [1.165, 1.54) is 24.2 Å². The zero-order valence-electron chi connectivity index (χ0n) is 20.7. The monoisotopic (exact) mass is 490 g/mol. The first-order valence-electron chi connectivity index (χ1n) is 12.6. The maximum absolute atomic E-state index is 11.7. The summed E-state index contributed by atoms with van der Waals surface area (Å²) in [5.74, 6) is 1.80. The molecule has 37 heavy (non-hydrogen) atoms. The molecule has 0 spiro atoms. The molecule has 0 amide bonds. The Morgan fingerprint density at radius 3 is 2.68 bits per heavy atom. The van der Waals surface area contributed by atoms with Gasteiger partial charge in [-0.05, 0) is 66.3 Å². The molecule has 7 nitrogen and oxygen atoms in total. The van der Waals surface area contributed by atoms with Crippen molar-refractivity contribution in [3.05, 3.63) is 111 Å². The molecule has 7 rings (SSSR count). The second kappa shape index (κ2) is 8.06. The van der Waals surface area contributed by atoms with Crippen LogP contribution in [0, 0.1) is 0 Å². The van der Waals surface area contributed by atoms with Crippen LogP contribution in [0.3, 0.4) is 0 Å². The molecule has 1 N–H and O–H groups in total. The standard InChI is InChI=1S/C30H26N4O3/c1-18(27-32-29(35)37-33-27)26-21-12-11-19(15-20(21)17-36-25-10-6-3-7-22(25)26)16-34-24-9-5-4-8-23(24)31-28(34)30(2)13-14-30/h3-12,15H,13-14,16-17H2,1-2H3,(H,32,33,35)/b26-18+. The zero-order valence-corrected chi connectivity index (χ0v) is 20.7. The van der Waals surface area contributed by atoms with Crippen LogP contribution >= 0.6 is 0 Å². The van der Waals surface area contributed by atoms with E-state index in [2.05, 4.69) is 58.0 Å². The van der Waals surface area contributed by atoms with E-state index >= 15 is 0 Å². The van der Waals surface area contributed by atoms with E-state index in [1.54, 1.807) is 0 Å². The van der Waals surface area contributed by atoms with Crippen LogP contribution in [0.5, 0.6) is 5.75 Å². The number of H-pyrrole nitrogens is 1. The summed E-state index contributed by atoms with van der Waals surface area (Å²) in [4.78, 5) is 19.4. The Bertz CT molecular complexity index is 1770. The molecular weight excluding hydrogens is 464 g/mol. The average Bonchev–Trinajstić information content (AvgIpc) is 3.39. The molecule has 0 radical (unpaired) electrons. The second-order valence-corrected chi connectivity index (χ2v) is 10.3. The number of ether oxygens (including phenoxy) is 1. The van der Waals surface area contributed by atoms with Crippen molar-refractivity contribution >= 4 is 22.2 Å². The first-order chi connectivity index (χ1) is 18.0. The van der Waals surface area contributed by atoms with Crippen LogP contribution in [0.1, 0.15) is 60.6 Å². The Hall–Kier alpha value is -4.39. The van der Waals surface area contributed by atoms with Gasteiger partial charge in [0.15, 0.2) is 5.82 Å². The third kappa shape index (κ3) is 3.61. The number of aromatic amines is 1. The van der Waals surface area contributed by atoms with Gasteiger partial charge in [-0.25, -0.2) is 9.78 Å². The molecule has 1 aliphatic carbocycles. The van der Waals surface area contributed by atoms with Gasteiger partial charge in [-0.1, -0.05) is 54.5 Å². The van der Waals surface area contributed by atoms with Crippen molar-refractivity contribution in [2.75, 3.05) is 0 Å². The molecule has 2 aromatic heterocycles. The lowest BCUT2D eigenvalue weighted by Crippen LogP contribution is -2.13. The largest absolute Gasteiger partial charge is 0.488 e. The van der Waals surface area contributed by atoms with Crippen LogP contribution in [0.25, 0.3) is 22.2 Å². The molecule has 1 fully saturated rings. The van der Waals surface area contributed by atoms with Crippen LogP contribution in [0.4, 0.5) is 0 Å². The Balaban J connectivity index is 1.36. The van der Waals surface area contributed by atoms with Gasteiger partial charge in [-0.3, -0.25) is 9.51 Å². The lowest BCUT2D eigenvalue weighted by atomic mass is 9.89. The van der Waals surface area contributed by atoms with Crippen molar-refractivity contribution in [1.29, 1.82) is 0 Å². The maximum atomic E-state index is 11.7. The number of para-hydroxylation sites is 3. The lowest BCUT2D eigenvalue weighted by Gasteiger charge is -2.16. The number of fused-ring (bicyclic) bond motifs is 3. The minimum absolute atomic E-state index is 0.150. The van der Waals surface area contributed by atoms with E-state index in [0.717, 1.165) is 51.2 Å². The van der Waals surface area contributed by atoms with Crippen molar-refractivity contribution in [3.63, 3.8) is 0 Å². The number of nitrogens with one attached hydrogen (secondary N) is 1. The van der Waals surface area contributed by atoms with Gasteiger partial charge in [0.05, 0.1) is 11.0 Å². The lowest BCUT2D eigenvalue weighted by molar-refractivity contribution is 0.307. The van der Waals surface area contributed by atoms with E-state index in [0.29, 0.717) is 12.4 Å². The fraction of sp³-hybridized carbons (Fsp3) is 0.233. The molecule has 184 valence electrons. The van der Waals surface area contributed by atoms with Crippen LogP contribution < -0.4 is 10.5 Å². The average molecular weight is 491 g/mol. The van der Waals surface area contributed by atoms with E-state index in [9.17, 15) is 4.79 Å². The van der Waals surface area contributed by atoms with Crippen LogP contribution in [0.15, 0.2) is 76.0 Å². The van der Waals surface area contributed by atoms with Gasteiger partial charge >= 0.3 is 5.76 Å². The first-order valence-corrected chi connectivity index (χ1v) is 12.6. The molecule has 0 bridgehead atoms. The Morgan fingerprint density at radius 1 is 1.05 bits per heavy atom. The van der Waals surface area contributed by atoms with Gasteiger partial charge in [0.25, 0.3) is 0 Å². The van der Waals surface area contributed by atoms with Crippen LogP contribution in [0.2, 0.25) is 0 Å². The summed E-state index contributed by atoms with van der Waals surface area (Å²) in [6, 6.07) is 22.9. The predicted octanol–water partition coefficient (Wildman–Crippen LogP) is 5.68. The van der Waals surface area contributed by atoms with Gasteiger partial charge < -0.3 is 9.30 Å². The SMILES string of the molecule is C/C(=C1/c2ccc(Cn3c(C4(C)CC4)nc4ccccc43)cc2COc2ccccc21)c1noc(=O)[nH]1. The number of imidazole rings is 1. The van der Waals surface area contributed by atoms with Crippen molar-refractivity contribution in [2.45, 2.75) is 45.3 Å². The Morgan fingerprint density at radius 2 is 1.86 bits per heavy atom. The van der Waals surface area contributed by atoms with Crippen LogP contribution in [-0.4, -0.2) is 19.7 Å². The Labute approximate surface area is 213 Å². The summed E-state index contributed by atoms with van der Waals surface area (Å²) < 4.78 is 13.5. The fourth-order valence-electron chi connectivity index (χ4n) is 5.41. The summed E-state index contributed by atoms with van der Waals surface area (Å²) >= 11 is 0. The summed E-state index contributed by atoms with van der Waals surface area (Å²) in [6.45, 7) is 5.44. The minimum atomic E-state index is -0.573. The van der Waals surface area contributed by atoms with Gasteiger partial charge in [0.2, 0.25) is 0 Å². The highest BCUT2D eigenvalue weighted by molar-refractivity contribution is 5.99.